The maximum absolute atomic E-state index is 13.1. The van der Waals surface area contributed by atoms with E-state index in [0.29, 0.717) is 24.4 Å². The van der Waals surface area contributed by atoms with Crippen molar-refractivity contribution in [1.82, 2.24) is 15.5 Å². The molecule has 0 bridgehead atoms. The highest BCUT2D eigenvalue weighted by molar-refractivity contribution is 7.18. The number of amides is 2. The predicted molar refractivity (Wildman–Crippen MR) is 131 cm³/mol. The number of carbonyl (C=O) groups is 2. The van der Waals surface area contributed by atoms with Crippen LogP contribution in [0, 0.1) is 0 Å². The van der Waals surface area contributed by atoms with E-state index >= 15 is 0 Å². The predicted octanol–water partition coefficient (Wildman–Crippen LogP) is 4.50. The molecule has 33 heavy (non-hydrogen) atoms. The topological polar surface area (TPSA) is 84.0 Å². The molecule has 1 aromatic heterocycles. The lowest BCUT2D eigenvalue weighted by atomic mass is 10.0. The SMILES string of the molecule is O=C(CCc1ccccc1)NC(Cc1ccccc1)C(=O)Nc1nnc(-c2ccccc2)s1. The van der Waals surface area contributed by atoms with Gasteiger partial charge in [-0.1, -0.05) is 102 Å². The number of aryl methyl sites for hydroxylation is 1. The van der Waals surface area contributed by atoms with Crippen molar-refractivity contribution >= 4 is 28.3 Å². The summed E-state index contributed by atoms with van der Waals surface area (Å²) in [5, 5.41) is 15.1. The molecule has 0 spiro atoms. The number of aromatic nitrogens is 2. The molecular formula is C26H24N4O2S. The molecule has 4 rings (SSSR count). The van der Waals surface area contributed by atoms with Crippen LogP contribution in [0.1, 0.15) is 17.5 Å². The van der Waals surface area contributed by atoms with Gasteiger partial charge in [0.15, 0.2) is 0 Å². The summed E-state index contributed by atoms with van der Waals surface area (Å²) in [6, 6.07) is 28.4. The summed E-state index contributed by atoms with van der Waals surface area (Å²) < 4.78 is 0. The highest BCUT2D eigenvalue weighted by atomic mass is 32.1. The van der Waals surface area contributed by atoms with Crippen LogP contribution in [0.25, 0.3) is 10.6 Å². The summed E-state index contributed by atoms with van der Waals surface area (Å²) in [6.07, 6.45) is 1.30. The van der Waals surface area contributed by atoms with E-state index in [1.165, 1.54) is 11.3 Å². The highest BCUT2D eigenvalue weighted by Gasteiger charge is 2.22. The Kier molecular flexibility index (Phi) is 7.56. The van der Waals surface area contributed by atoms with Crippen LogP contribution in [0.5, 0.6) is 0 Å². The van der Waals surface area contributed by atoms with Crippen LogP contribution < -0.4 is 10.6 Å². The molecule has 2 amide bonds. The van der Waals surface area contributed by atoms with Gasteiger partial charge < -0.3 is 5.32 Å². The quantitative estimate of drug-likeness (QED) is 0.388. The third-order valence-corrected chi connectivity index (χ3v) is 5.98. The molecule has 1 unspecified atom stereocenters. The monoisotopic (exact) mass is 456 g/mol. The summed E-state index contributed by atoms with van der Waals surface area (Å²) in [5.74, 6) is -0.486. The van der Waals surface area contributed by atoms with E-state index in [4.69, 9.17) is 0 Å². The Labute approximate surface area is 196 Å². The Balaban J connectivity index is 1.42. The lowest BCUT2D eigenvalue weighted by Crippen LogP contribution is -2.45. The standard InChI is InChI=1S/C26H24N4O2S/c31-23(17-16-19-10-4-1-5-11-19)27-22(18-20-12-6-2-7-13-20)24(32)28-26-30-29-25(33-26)21-14-8-3-9-15-21/h1-15,22H,16-18H2,(H,27,31)(H,28,30,32). The van der Waals surface area contributed by atoms with Gasteiger partial charge in [0.1, 0.15) is 11.0 Å². The average molecular weight is 457 g/mol. The Bertz CT molecular complexity index is 1180. The number of nitrogens with zero attached hydrogens (tertiary/aromatic N) is 2. The first-order valence-electron chi connectivity index (χ1n) is 10.7. The number of hydrogen-bond acceptors (Lipinski definition) is 5. The molecule has 0 aliphatic heterocycles. The van der Waals surface area contributed by atoms with Crippen LogP contribution in [0.4, 0.5) is 5.13 Å². The van der Waals surface area contributed by atoms with Crippen molar-refractivity contribution in [2.24, 2.45) is 0 Å². The van der Waals surface area contributed by atoms with Gasteiger partial charge >= 0.3 is 0 Å². The van der Waals surface area contributed by atoms with Gasteiger partial charge in [0, 0.05) is 18.4 Å². The van der Waals surface area contributed by atoms with E-state index in [9.17, 15) is 9.59 Å². The molecule has 1 atom stereocenters. The normalized spacial score (nSPS) is 11.5. The van der Waals surface area contributed by atoms with Gasteiger partial charge in [0.2, 0.25) is 16.9 Å². The lowest BCUT2D eigenvalue weighted by Gasteiger charge is -2.18. The molecule has 0 aliphatic carbocycles. The summed E-state index contributed by atoms with van der Waals surface area (Å²) in [5.41, 5.74) is 2.98. The van der Waals surface area contributed by atoms with Gasteiger partial charge in [-0.25, -0.2) is 0 Å². The number of anilines is 1. The van der Waals surface area contributed by atoms with Crippen molar-refractivity contribution in [1.29, 1.82) is 0 Å². The van der Waals surface area contributed by atoms with Crippen LogP contribution in [0.15, 0.2) is 91.0 Å². The van der Waals surface area contributed by atoms with E-state index in [0.717, 1.165) is 21.7 Å². The van der Waals surface area contributed by atoms with Crippen LogP contribution in [-0.2, 0) is 22.4 Å². The molecule has 0 aliphatic rings. The molecule has 1 heterocycles. The molecule has 0 saturated carbocycles. The summed E-state index contributed by atoms with van der Waals surface area (Å²) >= 11 is 1.30. The van der Waals surface area contributed by atoms with Crippen molar-refractivity contribution < 1.29 is 9.59 Å². The second-order valence-corrected chi connectivity index (χ2v) is 8.54. The first-order chi connectivity index (χ1) is 16.2. The van der Waals surface area contributed by atoms with Crippen LogP contribution in [0.2, 0.25) is 0 Å². The number of benzene rings is 3. The number of carbonyl (C=O) groups excluding carboxylic acids is 2. The molecule has 0 radical (unpaired) electrons. The summed E-state index contributed by atoms with van der Waals surface area (Å²) in [7, 11) is 0. The van der Waals surface area contributed by atoms with Gasteiger partial charge in [-0.3, -0.25) is 14.9 Å². The third kappa shape index (κ3) is 6.57. The van der Waals surface area contributed by atoms with Crippen LogP contribution >= 0.6 is 11.3 Å². The molecule has 2 N–H and O–H groups in total. The first-order valence-corrected chi connectivity index (χ1v) is 11.6. The lowest BCUT2D eigenvalue weighted by molar-refractivity contribution is -0.126. The Morgan fingerprint density at radius 1 is 0.788 bits per heavy atom. The molecule has 3 aromatic carbocycles. The van der Waals surface area contributed by atoms with Gasteiger partial charge in [-0.15, -0.1) is 10.2 Å². The van der Waals surface area contributed by atoms with Crippen molar-refractivity contribution in [3.8, 4) is 10.6 Å². The molecule has 4 aromatic rings. The fourth-order valence-electron chi connectivity index (χ4n) is 3.39. The van der Waals surface area contributed by atoms with E-state index < -0.39 is 6.04 Å². The van der Waals surface area contributed by atoms with Crippen molar-refractivity contribution in [2.45, 2.75) is 25.3 Å². The highest BCUT2D eigenvalue weighted by Crippen LogP contribution is 2.26. The smallest absolute Gasteiger partial charge is 0.249 e. The zero-order valence-corrected chi connectivity index (χ0v) is 18.8. The zero-order valence-electron chi connectivity index (χ0n) is 18.0. The Morgan fingerprint density at radius 2 is 1.39 bits per heavy atom. The third-order valence-electron chi connectivity index (χ3n) is 5.09. The molecular weight excluding hydrogens is 432 g/mol. The van der Waals surface area contributed by atoms with Crippen molar-refractivity contribution in [3.63, 3.8) is 0 Å². The van der Waals surface area contributed by atoms with Gasteiger partial charge in [0.25, 0.3) is 0 Å². The largest absolute Gasteiger partial charge is 0.344 e. The minimum atomic E-state index is -0.722. The fourth-order valence-corrected chi connectivity index (χ4v) is 4.14. The van der Waals surface area contributed by atoms with E-state index in [1.54, 1.807) is 0 Å². The fraction of sp³-hybridized carbons (Fsp3) is 0.154. The second-order valence-electron chi connectivity index (χ2n) is 7.56. The minimum absolute atomic E-state index is 0.169. The van der Waals surface area contributed by atoms with E-state index in [1.807, 2.05) is 91.0 Å². The van der Waals surface area contributed by atoms with Gasteiger partial charge in [-0.05, 0) is 17.5 Å². The minimum Gasteiger partial charge on any atom is -0.344 e. The molecule has 7 heteroatoms. The van der Waals surface area contributed by atoms with Gasteiger partial charge in [-0.2, -0.15) is 0 Å². The van der Waals surface area contributed by atoms with Crippen LogP contribution in [-0.4, -0.2) is 28.1 Å². The summed E-state index contributed by atoms with van der Waals surface area (Å²) in [6.45, 7) is 0. The molecule has 166 valence electrons. The van der Waals surface area contributed by atoms with E-state index in [-0.39, 0.29) is 11.8 Å². The van der Waals surface area contributed by atoms with Gasteiger partial charge in [0.05, 0.1) is 0 Å². The molecule has 6 nitrogen and oxygen atoms in total. The number of hydrogen-bond donors (Lipinski definition) is 2. The number of nitrogens with one attached hydrogen (secondary N) is 2. The van der Waals surface area contributed by atoms with Crippen molar-refractivity contribution in [3.05, 3.63) is 102 Å². The second kappa shape index (κ2) is 11.2. The molecule has 0 saturated heterocycles. The maximum atomic E-state index is 13.1. The average Bonchev–Trinajstić information content (AvgIpc) is 3.33. The van der Waals surface area contributed by atoms with Crippen LogP contribution in [0.3, 0.4) is 0 Å². The Hall–Kier alpha value is -3.84. The first kappa shape index (κ1) is 22.4. The Morgan fingerprint density at radius 3 is 2.06 bits per heavy atom. The maximum Gasteiger partial charge on any atom is 0.249 e. The summed E-state index contributed by atoms with van der Waals surface area (Å²) in [4.78, 5) is 25.7. The molecule has 0 fully saturated rings. The number of rotatable bonds is 9. The zero-order chi connectivity index (χ0) is 22.9. The van der Waals surface area contributed by atoms with Crippen molar-refractivity contribution in [2.75, 3.05) is 5.32 Å². The van der Waals surface area contributed by atoms with E-state index in [2.05, 4.69) is 20.8 Å².